The van der Waals surface area contributed by atoms with Crippen LogP contribution in [0.5, 0.6) is 0 Å². The van der Waals surface area contributed by atoms with Crippen molar-refractivity contribution < 1.29 is 0 Å². The quantitative estimate of drug-likeness (QED) is 0.739. The first kappa shape index (κ1) is 14.7. The lowest BCUT2D eigenvalue weighted by Gasteiger charge is -2.07. The smallest absolute Gasteiger partial charge is 0.259 e. The number of H-pyrrole nitrogens is 1. The van der Waals surface area contributed by atoms with E-state index in [-0.39, 0.29) is 10.8 Å². The summed E-state index contributed by atoms with van der Waals surface area (Å²) < 4.78 is 0.890. The Morgan fingerprint density at radius 3 is 2.62 bits per heavy atom. The Kier molecular flexibility index (Phi) is 3.85. The van der Waals surface area contributed by atoms with E-state index >= 15 is 0 Å². The van der Waals surface area contributed by atoms with Crippen LogP contribution in [0, 0.1) is 20.8 Å². The molecule has 0 aliphatic heterocycles. The molecule has 8 heteroatoms. The maximum absolute atomic E-state index is 12.3. The molecule has 0 aliphatic carbocycles. The van der Waals surface area contributed by atoms with E-state index < -0.39 is 0 Å². The molecule has 0 saturated carbocycles. The van der Waals surface area contributed by atoms with Gasteiger partial charge in [0, 0.05) is 4.88 Å². The molecule has 0 bridgehead atoms. The third kappa shape index (κ3) is 2.75. The summed E-state index contributed by atoms with van der Waals surface area (Å²) in [5.41, 5.74) is 0.966. The predicted octanol–water partition coefficient (Wildman–Crippen LogP) is 3.61. The first-order valence-electron chi connectivity index (χ1n) is 6.42. The Labute approximate surface area is 133 Å². The van der Waals surface area contributed by atoms with Crippen LogP contribution in [0.15, 0.2) is 9.13 Å². The van der Waals surface area contributed by atoms with Crippen LogP contribution in [0.25, 0.3) is 10.2 Å². The number of thiophene rings is 1. The molecular weight excluding hydrogens is 324 g/mol. The molecule has 0 fully saturated rings. The van der Waals surface area contributed by atoms with Crippen LogP contribution >= 0.6 is 34.4 Å². The fourth-order valence-electron chi connectivity index (χ4n) is 2.00. The van der Waals surface area contributed by atoms with Crippen LogP contribution in [0.2, 0.25) is 0 Å². The SMILES string of the molecule is Cc1nnc(S[C@H](C)c2nc3sc(C)c(C)c3c(=O)[nH]2)s1. The van der Waals surface area contributed by atoms with E-state index in [9.17, 15) is 4.79 Å². The third-order valence-electron chi connectivity index (χ3n) is 3.23. The molecule has 0 spiro atoms. The van der Waals surface area contributed by atoms with Crippen LogP contribution in [0.4, 0.5) is 0 Å². The van der Waals surface area contributed by atoms with Crippen molar-refractivity contribution in [3.63, 3.8) is 0 Å². The van der Waals surface area contributed by atoms with E-state index in [0.717, 1.165) is 24.6 Å². The van der Waals surface area contributed by atoms with Crippen LogP contribution < -0.4 is 5.56 Å². The molecule has 5 nitrogen and oxygen atoms in total. The van der Waals surface area contributed by atoms with Gasteiger partial charge in [0.25, 0.3) is 5.56 Å². The van der Waals surface area contributed by atoms with Gasteiger partial charge in [-0.15, -0.1) is 21.5 Å². The van der Waals surface area contributed by atoms with Gasteiger partial charge in [-0.05, 0) is 33.3 Å². The van der Waals surface area contributed by atoms with Crippen LogP contribution in [0.1, 0.15) is 33.4 Å². The molecule has 3 rings (SSSR count). The number of thioether (sulfide) groups is 1. The number of aryl methyl sites for hydroxylation is 3. The molecule has 0 aromatic carbocycles. The van der Waals surface area contributed by atoms with E-state index in [4.69, 9.17) is 0 Å². The molecule has 1 N–H and O–H groups in total. The lowest BCUT2D eigenvalue weighted by atomic mass is 10.2. The minimum absolute atomic E-state index is 0.0252. The molecule has 0 radical (unpaired) electrons. The van der Waals surface area contributed by atoms with Crippen molar-refractivity contribution in [3.8, 4) is 0 Å². The zero-order chi connectivity index (χ0) is 15.1. The van der Waals surface area contributed by atoms with E-state index in [1.54, 1.807) is 34.4 Å². The summed E-state index contributed by atoms with van der Waals surface area (Å²) in [6, 6.07) is 0. The molecule has 0 amide bonds. The Bertz CT molecular complexity index is 864. The molecule has 0 aliphatic rings. The maximum Gasteiger partial charge on any atom is 0.259 e. The van der Waals surface area contributed by atoms with Gasteiger partial charge in [0.1, 0.15) is 15.7 Å². The fraction of sp³-hybridized carbons (Fsp3) is 0.385. The summed E-state index contributed by atoms with van der Waals surface area (Å²) in [5.74, 6) is 0.687. The molecule has 3 heterocycles. The second kappa shape index (κ2) is 5.51. The van der Waals surface area contributed by atoms with E-state index in [1.165, 1.54) is 0 Å². The topological polar surface area (TPSA) is 71.5 Å². The highest BCUT2D eigenvalue weighted by Gasteiger charge is 2.17. The molecule has 0 saturated heterocycles. The summed E-state index contributed by atoms with van der Waals surface area (Å²) in [5, 5.41) is 9.78. The average Bonchev–Trinajstić information content (AvgIpc) is 2.94. The first-order valence-corrected chi connectivity index (χ1v) is 8.93. The standard InChI is InChI=1S/C13H14N4OS3/c1-5-6(2)19-12-9(5)11(18)14-10(15-12)7(3)20-13-17-16-8(4)21-13/h7H,1-4H3,(H,14,15,18)/t7-/m1/s1. The highest BCUT2D eigenvalue weighted by molar-refractivity contribution is 8.01. The van der Waals surface area contributed by atoms with Gasteiger partial charge < -0.3 is 4.98 Å². The van der Waals surface area contributed by atoms with Crippen molar-refractivity contribution in [2.75, 3.05) is 0 Å². The fourth-order valence-corrected chi connectivity index (χ4v) is 5.05. The highest BCUT2D eigenvalue weighted by Crippen LogP contribution is 2.35. The van der Waals surface area contributed by atoms with Crippen molar-refractivity contribution in [2.45, 2.75) is 37.3 Å². The monoisotopic (exact) mass is 338 g/mol. The van der Waals surface area contributed by atoms with Crippen LogP contribution in [-0.2, 0) is 0 Å². The van der Waals surface area contributed by atoms with Crippen molar-refractivity contribution >= 4 is 44.7 Å². The van der Waals surface area contributed by atoms with Crippen LogP contribution in [-0.4, -0.2) is 20.2 Å². The molecule has 21 heavy (non-hydrogen) atoms. The van der Waals surface area contributed by atoms with E-state index in [2.05, 4.69) is 20.2 Å². The van der Waals surface area contributed by atoms with Gasteiger partial charge >= 0.3 is 0 Å². The highest BCUT2D eigenvalue weighted by atomic mass is 32.2. The van der Waals surface area contributed by atoms with Gasteiger partial charge in [-0.2, -0.15) is 0 Å². The zero-order valence-corrected chi connectivity index (χ0v) is 14.5. The summed E-state index contributed by atoms with van der Waals surface area (Å²) >= 11 is 4.68. The summed E-state index contributed by atoms with van der Waals surface area (Å²) in [4.78, 5) is 21.7. The Morgan fingerprint density at radius 2 is 1.95 bits per heavy atom. The largest absolute Gasteiger partial charge is 0.309 e. The minimum Gasteiger partial charge on any atom is -0.309 e. The Morgan fingerprint density at radius 1 is 1.19 bits per heavy atom. The number of fused-ring (bicyclic) bond motifs is 1. The second-order valence-electron chi connectivity index (χ2n) is 4.76. The predicted molar refractivity (Wildman–Crippen MR) is 88.6 cm³/mol. The van der Waals surface area contributed by atoms with Crippen molar-refractivity contribution in [1.29, 1.82) is 0 Å². The van der Waals surface area contributed by atoms with E-state index in [1.807, 2.05) is 27.7 Å². The Balaban J connectivity index is 1.98. The van der Waals surface area contributed by atoms with E-state index in [0.29, 0.717) is 11.2 Å². The average molecular weight is 338 g/mol. The summed E-state index contributed by atoms with van der Waals surface area (Å²) in [6.45, 7) is 7.92. The number of nitrogens with zero attached hydrogens (tertiary/aromatic N) is 3. The molecule has 1 atom stereocenters. The summed E-state index contributed by atoms with van der Waals surface area (Å²) in [7, 11) is 0. The lowest BCUT2D eigenvalue weighted by Crippen LogP contribution is -2.12. The van der Waals surface area contributed by atoms with Crippen LogP contribution in [0.3, 0.4) is 0 Å². The number of nitrogens with one attached hydrogen (secondary N) is 1. The van der Waals surface area contributed by atoms with Crippen molar-refractivity contribution in [2.24, 2.45) is 0 Å². The molecule has 0 unspecified atom stereocenters. The van der Waals surface area contributed by atoms with Gasteiger partial charge in [-0.25, -0.2) is 4.98 Å². The normalized spacial score (nSPS) is 13.0. The number of aromatic amines is 1. The number of hydrogen-bond acceptors (Lipinski definition) is 7. The van der Waals surface area contributed by atoms with Crippen molar-refractivity contribution in [3.05, 3.63) is 31.6 Å². The number of rotatable bonds is 3. The minimum atomic E-state index is -0.0576. The molecule has 3 aromatic rings. The van der Waals surface area contributed by atoms with Gasteiger partial charge in [-0.1, -0.05) is 23.1 Å². The van der Waals surface area contributed by atoms with Gasteiger partial charge in [-0.3, -0.25) is 4.79 Å². The number of hydrogen-bond donors (Lipinski definition) is 1. The molecular formula is C13H14N4OS3. The molecule has 3 aromatic heterocycles. The van der Waals surface area contributed by atoms with Crippen molar-refractivity contribution in [1.82, 2.24) is 20.2 Å². The van der Waals surface area contributed by atoms with Gasteiger partial charge in [0.15, 0.2) is 4.34 Å². The Hall–Kier alpha value is -1.25. The molecule has 110 valence electrons. The lowest BCUT2D eigenvalue weighted by molar-refractivity contribution is 0.917. The first-order chi connectivity index (χ1) is 9.95. The van der Waals surface area contributed by atoms with Gasteiger partial charge in [0.2, 0.25) is 0 Å². The number of aromatic nitrogens is 4. The van der Waals surface area contributed by atoms with Gasteiger partial charge in [0.05, 0.1) is 10.6 Å². The zero-order valence-electron chi connectivity index (χ0n) is 12.1. The summed E-state index contributed by atoms with van der Waals surface area (Å²) in [6.07, 6.45) is 0. The third-order valence-corrected chi connectivity index (χ3v) is 6.36. The second-order valence-corrected chi connectivity index (χ2v) is 8.73. The maximum atomic E-state index is 12.3.